The van der Waals surface area contributed by atoms with Crippen molar-refractivity contribution in [1.29, 1.82) is 0 Å². The third-order valence-corrected chi connectivity index (χ3v) is 4.04. The van der Waals surface area contributed by atoms with Gasteiger partial charge in [0.2, 0.25) is 0 Å². The van der Waals surface area contributed by atoms with Crippen LogP contribution < -0.4 is 0 Å². The van der Waals surface area contributed by atoms with E-state index in [2.05, 4.69) is 0 Å². The van der Waals surface area contributed by atoms with Gasteiger partial charge in [0.15, 0.2) is 11.2 Å². The molecule has 1 fully saturated rings. The summed E-state index contributed by atoms with van der Waals surface area (Å²) in [6.45, 7) is 3.74. The van der Waals surface area contributed by atoms with Crippen molar-refractivity contribution in [1.82, 2.24) is 0 Å². The molecule has 1 saturated carbocycles. The summed E-state index contributed by atoms with van der Waals surface area (Å²) in [5, 5.41) is 0. The van der Waals surface area contributed by atoms with Gasteiger partial charge in [-0.2, -0.15) is 0 Å². The molecule has 0 amide bonds. The number of ketones is 1. The van der Waals surface area contributed by atoms with Crippen LogP contribution in [0.1, 0.15) is 26.7 Å². The normalized spacial score (nSPS) is 23.2. The predicted octanol–water partition coefficient (Wildman–Crippen LogP) is 1.57. The maximum absolute atomic E-state index is 11.9. The lowest BCUT2D eigenvalue weighted by Crippen LogP contribution is -2.30. The first-order valence-electron chi connectivity index (χ1n) is 6.46. The quantitative estimate of drug-likeness (QED) is 0.445. The van der Waals surface area contributed by atoms with Crippen LogP contribution in [0, 0.1) is 11.3 Å². The second-order valence-corrected chi connectivity index (χ2v) is 5.44. The predicted molar refractivity (Wildman–Crippen MR) is 70.7 cm³/mol. The van der Waals surface area contributed by atoms with E-state index in [9.17, 15) is 14.4 Å². The molecule has 0 aliphatic heterocycles. The van der Waals surface area contributed by atoms with Crippen molar-refractivity contribution in [2.24, 2.45) is 11.3 Å². The SMILES string of the molecule is COC(=O)C1(C(=O)OC)CC1C1=CC(=C(C)C)C(=O)C1. The zero-order valence-corrected chi connectivity index (χ0v) is 12.1. The molecule has 0 heterocycles. The first kappa shape index (κ1) is 14.5. The van der Waals surface area contributed by atoms with Gasteiger partial charge in [-0.15, -0.1) is 0 Å². The summed E-state index contributed by atoms with van der Waals surface area (Å²) in [5.74, 6) is -1.43. The Balaban J connectivity index is 2.31. The lowest BCUT2D eigenvalue weighted by atomic mass is 9.98. The molecule has 5 nitrogen and oxygen atoms in total. The summed E-state index contributed by atoms with van der Waals surface area (Å²) < 4.78 is 9.45. The first-order chi connectivity index (χ1) is 9.38. The fourth-order valence-electron chi connectivity index (χ4n) is 2.85. The number of hydrogen-bond acceptors (Lipinski definition) is 5. The maximum atomic E-state index is 11.9. The van der Waals surface area contributed by atoms with Crippen molar-refractivity contribution in [2.45, 2.75) is 26.7 Å². The topological polar surface area (TPSA) is 69.7 Å². The average Bonchev–Trinajstić information content (AvgIpc) is 3.06. The molecule has 0 aromatic heterocycles. The lowest BCUT2D eigenvalue weighted by Gasteiger charge is -2.12. The number of carbonyl (C=O) groups is 3. The Morgan fingerprint density at radius 1 is 1.20 bits per heavy atom. The Morgan fingerprint density at radius 2 is 1.75 bits per heavy atom. The summed E-state index contributed by atoms with van der Waals surface area (Å²) in [7, 11) is 2.50. The second-order valence-electron chi connectivity index (χ2n) is 5.44. The van der Waals surface area contributed by atoms with Crippen LogP contribution in [0.3, 0.4) is 0 Å². The van der Waals surface area contributed by atoms with Gasteiger partial charge in [0.1, 0.15) is 0 Å². The molecule has 0 aromatic carbocycles. The number of ether oxygens (including phenoxy) is 2. The molecule has 0 bridgehead atoms. The highest BCUT2D eigenvalue weighted by atomic mass is 16.5. The van der Waals surface area contributed by atoms with Crippen LogP contribution >= 0.6 is 0 Å². The van der Waals surface area contributed by atoms with Gasteiger partial charge >= 0.3 is 11.9 Å². The van der Waals surface area contributed by atoms with Crippen LogP contribution in [0.5, 0.6) is 0 Å². The van der Waals surface area contributed by atoms with Gasteiger partial charge in [0, 0.05) is 17.9 Å². The molecule has 2 rings (SSSR count). The van der Waals surface area contributed by atoms with E-state index in [1.807, 2.05) is 13.8 Å². The van der Waals surface area contributed by atoms with Gasteiger partial charge in [-0.1, -0.05) is 17.2 Å². The third kappa shape index (κ3) is 1.97. The third-order valence-electron chi connectivity index (χ3n) is 4.04. The standard InChI is InChI=1S/C15H18O5/c1-8(2)10-5-9(6-12(10)16)11-7-15(11,13(17)19-3)14(18)20-4/h5,11H,6-7H2,1-4H3. The number of allylic oxidation sites excluding steroid dienone is 4. The number of methoxy groups -OCH3 is 2. The van der Waals surface area contributed by atoms with Gasteiger partial charge in [0.25, 0.3) is 0 Å². The minimum absolute atomic E-state index is 0.0375. The summed E-state index contributed by atoms with van der Waals surface area (Å²) in [5.41, 5.74) is 1.18. The Morgan fingerprint density at radius 3 is 2.15 bits per heavy atom. The summed E-state index contributed by atoms with van der Waals surface area (Å²) in [6, 6.07) is 0. The molecule has 1 atom stereocenters. The van der Waals surface area contributed by atoms with Crippen molar-refractivity contribution < 1.29 is 23.9 Å². The molecule has 0 saturated heterocycles. The minimum Gasteiger partial charge on any atom is -0.468 e. The van der Waals surface area contributed by atoms with Crippen molar-refractivity contribution in [3.63, 3.8) is 0 Å². The van der Waals surface area contributed by atoms with E-state index in [0.29, 0.717) is 12.0 Å². The van der Waals surface area contributed by atoms with Crippen LogP contribution in [0.4, 0.5) is 0 Å². The van der Waals surface area contributed by atoms with Gasteiger partial charge < -0.3 is 9.47 Å². The molecular formula is C15H18O5. The summed E-state index contributed by atoms with van der Waals surface area (Å²) >= 11 is 0. The molecule has 5 heteroatoms. The average molecular weight is 278 g/mol. The molecule has 0 aromatic rings. The van der Waals surface area contributed by atoms with Gasteiger partial charge in [0.05, 0.1) is 14.2 Å². The first-order valence-corrected chi connectivity index (χ1v) is 6.46. The molecule has 0 N–H and O–H groups in total. The highest BCUT2D eigenvalue weighted by Crippen LogP contribution is 2.59. The van der Waals surface area contributed by atoms with E-state index in [1.54, 1.807) is 6.08 Å². The van der Waals surface area contributed by atoms with Crippen LogP contribution in [0.25, 0.3) is 0 Å². The number of Topliss-reactive ketones (excluding diaryl/α,β-unsaturated/α-hetero) is 1. The Labute approximate surface area is 117 Å². The van der Waals surface area contributed by atoms with E-state index in [-0.39, 0.29) is 18.1 Å². The molecule has 1 unspecified atom stereocenters. The second kappa shape index (κ2) is 4.89. The fraction of sp³-hybridized carbons (Fsp3) is 0.533. The van der Waals surface area contributed by atoms with Crippen LogP contribution in [0.2, 0.25) is 0 Å². The van der Waals surface area contributed by atoms with Crippen LogP contribution in [0.15, 0.2) is 22.8 Å². The Bertz CT molecular complexity index is 533. The Kier molecular flexibility index (Phi) is 3.54. The zero-order valence-electron chi connectivity index (χ0n) is 12.1. The highest BCUT2D eigenvalue weighted by Gasteiger charge is 2.69. The van der Waals surface area contributed by atoms with Gasteiger partial charge in [-0.25, -0.2) is 0 Å². The molecule has 108 valence electrons. The summed E-state index contributed by atoms with van der Waals surface area (Å²) in [4.78, 5) is 35.7. The summed E-state index contributed by atoms with van der Waals surface area (Å²) in [6.07, 6.45) is 2.42. The number of carbonyl (C=O) groups excluding carboxylic acids is 3. The van der Waals surface area contributed by atoms with Gasteiger partial charge in [-0.3, -0.25) is 14.4 Å². The van der Waals surface area contributed by atoms with E-state index in [0.717, 1.165) is 11.1 Å². The smallest absolute Gasteiger partial charge is 0.323 e. The maximum Gasteiger partial charge on any atom is 0.323 e. The van der Waals surface area contributed by atoms with Crippen LogP contribution in [-0.2, 0) is 23.9 Å². The molecule has 0 spiro atoms. The van der Waals surface area contributed by atoms with E-state index >= 15 is 0 Å². The van der Waals surface area contributed by atoms with Crippen molar-refractivity contribution in [3.8, 4) is 0 Å². The van der Waals surface area contributed by atoms with E-state index in [4.69, 9.17) is 9.47 Å². The molecule has 2 aliphatic rings. The number of esters is 2. The monoisotopic (exact) mass is 278 g/mol. The Hall–Kier alpha value is -1.91. The molecule has 0 radical (unpaired) electrons. The fourth-order valence-corrected chi connectivity index (χ4v) is 2.85. The zero-order chi connectivity index (χ0) is 15.1. The van der Waals surface area contributed by atoms with E-state index < -0.39 is 17.4 Å². The minimum atomic E-state index is -1.26. The number of hydrogen-bond donors (Lipinski definition) is 0. The van der Waals surface area contributed by atoms with Crippen LogP contribution in [-0.4, -0.2) is 31.9 Å². The molecular weight excluding hydrogens is 260 g/mol. The van der Waals surface area contributed by atoms with Crippen molar-refractivity contribution in [3.05, 3.63) is 22.8 Å². The molecule has 20 heavy (non-hydrogen) atoms. The number of rotatable bonds is 3. The van der Waals surface area contributed by atoms with Crippen molar-refractivity contribution in [2.75, 3.05) is 14.2 Å². The van der Waals surface area contributed by atoms with Crippen molar-refractivity contribution >= 4 is 17.7 Å². The largest absolute Gasteiger partial charge is 0.468 e. The lowest BCUT2D eigenvalue weighted by molar-refractivity contribution is -0.161. The highest BCUT2D eigenvalue weighted by molar-refractivity contribution is 6.07. The van der Waals surface area contributed by atoms with Gasteiger partial charge in [-0.05, 0) is 20.3 Å². The molecule has 2 aliphatic carbocycles. The van der Waals surface area contributed by atoms with E-state index in [1.165, 1.54) is 14.2 Å².